The fourth-order valence-electron chi connectivity index (χ4n) is 1.88. The van der Waals surface area contributed by atoms with Gasteiger partial charge in [-0.2, -0.15) is 18.1 Å². The highest BCUT2D eigenvalue weighted by atomic mass is 33.2. The Bertz CT molecular complexity index is 196. The molecule has 16 heavy (non-hydrogen) atoms. The average molecular weight is 337 g/mol. The van der Waals surface area contributed by atoms with Gasteiger partial charge in [0.2, 0.25) is 0 Å². The largest absolute Gasteiger partial charge is 0.190 e. The number of thioether (sulfide) groups is 2. The van der Waals surface area contributed by atoms with Crippen LogP contribution in [0.15, 0.2) is 0 Å². The molecule has 1 fully saturated rings. The van der Waals surface area contributed by atoms with Gasteiger partial charge in [0.15, 0.2) is 0 Å². The van der Waals surface area contributed by atoms with Crippen LogP contribution in [-0.4, -0.2) is 45.7 Å². The van der Waals surface area contributed by atoms with Crippen LogP contribution < -0.4 is 0 Å². The molecule has 1 saturated heterocycles. The maximum absolute atomic E-state index is 4.88. The molecule has 0 spiro atoms. The predicted molar refractivity (Wildman–Crippen MR) is 98.6 cm³/mol. The zero-order valence-electron chi connectivity index (χ0n) is 10.5. The van der Waals surface area contributed by atoms with Crippen molar-refractivity contribution >= 4 is 65.0 Å². The highest BCUT2D eigenvalue weighted by Gasteiger charge is 2.33. The van der Waals surface area contributed by atoms with Gasteiger partial charge in [0.1, 0.15) is 0 Å². The maximum atomic E-state index is 4.88. The van der Waals surface area contributed by atoms with Crippen molar-refractivity contribution in [1.29, 1.82) is 0 Å². The molecule has 0 unspecified atom stereocenters. The summed E-state index contributed by atoms with van der Waals surface area (Å²) in [6.45, 7) is 0. The van der Waals surface area contributed by atoms with Crippen molar-refractivity contribution < 1.29 is 0 Å². The van der Waals surface area contributed by atoms with Crippen LogP contribution in [0.2, 0.25) is 0 Å². The molecule has 0 N–H and O–H groups in total. The van der Waals surface area contributed by atoms with Crippen LogP contribution in [-0.2, 0) is 0 Å². The molecule has 0 aromatic heterocycles. The third-order valence-electron chi connectivity index (χ3n) is 2.57. The zero-order valence-corrected chi connectivity index (χ0v) is 15.6. The summed E-state index contributed by atoms with van der Waals surface area (Å²) in [5, 5.41) is 0. The van der Waals surface area contributed by atoms with Crippen LogP contribution in [0, 0.1) is 0 Å². The molecule has 100 valence electrons. The van der Waals surface area contributed by atoms with Gasteiger partial charge >= 0.3 is 0 Å². The van der Waals surface area contributed by atoms with Gasteiger partial charge in [-0.25, -0.2) is 0 Å². The second-order valence-electron chi connectivity index (χ2n) is 4.89. The Hall–Kier alpha value is 2.10. The van der Waals surface area contributed by atoms with E-state index in [1.807, 2.05) is 0 Å². The number of hydrogen-bond acceptors (Lipinski definition) is 4. The molecule has 1 aliphatic heterocycles. The minimum Gasteiger partial charge on any atom is -0.190 e. The van der Waals surface area contributed by atoms with Crippen molar-refractivity contribution in [1.82, 2.24) is 0 Å². The van der Waals surface area contributed by atoms with Crippen LogP contribution in [0.3, 0.4) is 0 Å². The normalized spacial score (nSPS) is 22.4. The molecular formula is C10H24S6. The fourth-order valence-corrected chi connectivity index (χ4v) is 16.3. The van der Waals surface area contributed by atoms with Gasteiger partial charge in [0.25, 0.3) is 0 Å². The van der Waals surface area contributed by atoms with Crippen LogP contribution in [0.5, 0.6) is 0 Å². The minimum atomic E-state index is -0.794. The van der Waals surface area contributed by atoms with Crippen molar-refractivity contribution in [2.75, 3.05) is 36.5 Å². The third kappa shape index (κ3) is 5.39. The summed E-state index contributed by atoms with van der Waals surface area (Å²) in [5.41, 5.74) is 0. The van der Waals surface area contributed by atoms with E-state index in [9.17, 15) is 0 Å². The van der Waals surface area contributed by atoms with Gasteiger partial charge in [0.05, 0.1) is 4.58 Å². The van der Waals surface area contributed by atoms with E-state index in [1.54, 1.807) is 0 Å². The van der Waals surface area contributed by atoms with E-state index >= 15 is 0 Å². The van der Waals surface area contributed by atoms with Gasteiger partial charge < -0.3 is 0 Å². The van der Waals surface area contributed by atoms with Gasteiger partial charge in [-0.1, -0.05) is 0 Å². The topological polar surface area (TPSA) is 0 Å². The lowest BCUT2D eigenvalue weighted by molar-refractivity contribution is 0.990. The van der Waals surface area contributed by atoms with Gasteiger partial charge in [-0.15, -0.1) is 46.8 Å². The standard InChI is InChI=1S/C10H24S6/c1-15(2,11)10(16(3,4)12)8-9-13-6-5-7-14-9/h9-12H,5-8H2,1-4H3. The van der Waals surface area contributed by atoms with Crippen LogP contribution in [0.25, 0.3) is 0 Å². The molecule has 0 amide bonds. The molecule has 1 aliphatic rings. The number of hydrogen-bond donors (Lipinski definition) is 2. The van der Waals surface area contributed by atoms with Crippen molar-refractivity contribution in [2.45, 2.75) is 22.0 Å². The van der Waals surface area contributed by atoms with E-state index in [1.165, 1.54) is 24.3 Å². The van der Waals surface area contributed by atoms with Crippen molar-refractivity contribution in [3.05, 3.63) is 0 Å². The fraction of sp³-hybridized carbons (Fsp3) is 1.00. The lowest BCUT2D eigenvalue weighted by Gasteiger charge is -2.47. The molecule has 1 heterocycles. The smallest absolute Gasteiger partial charge is 0.0520 e. The molecule has 0 aromatic rings. The summed E-state index contributed by atoms with van der Waals surface area (Å²) in [5.74, 6) is 2.68. The zero-order chi connectivity index (χ0) is 12.4. The van der Waals surface area contributed by atoms with Crippen LogP contribution in [0.1, 0.15) is 12.8 Å². The van der Waals surface area contributed by atoms with E-state index in [0.29, 0.717) is 4.58 Å². The van der Waals surface area contributed by atoms with Gasteiger partial charge in [-0.3, -0.25) is 0 Å². The van der Waals surface area contributed by atoms with Crippen molar-refractivity contribution in [2.24, 2.45) is 0 Å². The van der Waals surface area contributed by atoms with Crippen LogP contribution >= 0.6 is 65.0 Å². The van der Waals surface area contributed by atoms with E-state index in [-0.39, 0.29) is 0 Å². The lowest BCUT2D eigenvalue weighted by Crippen LogP contribution is -2.22. The summed E-state index contributed by atoms with van der Waals surface area (Å²) in [7, 11) is -1.59. The Balaban J connectivity index is 2.63. The Morgan fingerprint density at radius 1 is 1.06 bits per heavy atom. The third-order valence-corrected chi connectivity index (χ3v) is 13.8. The predicted octanol–water partition coefficient (Wildman–Crippen LogP) is 4.72. The monoisotopic (exact) mass is 336 g/mol. The first kappa shape index (κ1) is 16.2. The molecule has 0 bridgehead atoms. The van der Waals surface area contributed by atoms with Crippen LogP contribution in [0.4, 0.5) is 0 Å². The van der Waals surface area contributed by atoms with E-state index in [2.05, 4.69) is 48.5 Å². The number of thiol groups is 2. The highest BCUT2D eigenvalue weighted by Crippen LogP contribution is 2.69. The Labute approximate surface area is 122 Å². The molecular weight excluding hydrogens is 313 g/mol. The molecule has 1 rings (SSSR count). The van der Waals surface area contributed by atoms with Crippen molar-refractivity contribution in [3.8, 4) is 0 Å². The first-order valence-corrected chi connectivity index (χ1v) is 14.6. The molecule has 0 saturated carbocycles. The molecule has 0 atom stereocenters. The van der Waals surface area contributed by atoms with Crippen molar-refractivity contribution in [3.63, 3.8) is 0 Å². The molecule has 0 radical (unpaired) electrons. The van der Waals surface area contributed by atoms with E-state index in [0.717, 1.165) is 4.58 Å². The Morgan fingerprint density at radius 3 is 1.88 bits per heavy atom. The quantitative estimate of drug-likeness (QED) is 0.563. The van der Waals surface area contributed by atoms with Gasteiger partial charge in [-0.05, 0) is 49.4 Å². The summed E-state index contributed by atoms with van der Waals surface area (Å²) >= 11 is 14.1. The Kier molecular flexibility index (Phi) is 6.57. The second-order valence-corrected chi connectivity index (χ2v) is 20.3. The molecule has 0 aromatic carbocycles. The molecule has 0 aliphatic carbocycles. The molecule has 6 heteroatoms. The summed E-state index contributed by atoms with van der Waals surface area (Å²) < 4.78 is 1.49. The summed E-state index contributed by atoms with van der Waals surface area (Å²) in [4.78, 5) is 0. The first-order valence-electron chi connectivity index (χ1n) is 5.33. The first-order chi connectivity index (χ1) is 7.21. The minimum absolute atomic E-state index is 0.703. The van der Waals surface area contributed by atoms with E-state index in [4.69, 9.17) is 23.3 Å². The van der Waals surface area contributed by atoms with Gasteiger partial charge in [0, 0.05) is 4.58 Å². The lowest BCUT2D eigenvalue weighted by atomic mass is 10.5. The average Bonchev–Trinajstić information content (AvgIpc) is 2.12. The van der Waals surface area contributed by atoms with E-state index < -0.39 is 18.1 Å². The Morgan fingerprint density at radius 2 is 1.50 bits per heavy atom. The summed E-state index contributed by atoms with van der Waals surface area (Å²) in [6.07, 6.45) is 12.0. The highest BCUT2D eigenvalue weighted by molar-refractivity contribution is 8.97. The number of rotatable bonds is 4. The second kappa shape index (κ2) is 6.51. The summed E-state index contributed by atoms with van der Waals surface area (Å²) in [6, 6.07) is 0. The molecule has 0 nitrogen and oxygen atoms in total. The SMILES string of the molecule is CS(C)(S)C(CC1SCCCS1)S(C)(C)S. The maximum Gasteiger partial charge on any atom is 0.0520 e.